The molecule has 0 heterocycles. The quantitative estimate of drug-likeness (QED) is 0.409. The van der Waals surface area contributed by atoms with Crippen LogP contribution in [0, 0.1) is 0 Å². The van der Waals surface area contributed by atoms with Gasteiger partial charge in [-0.15, -0.1) is 0 Å². The summed E-state index contributed by atoms with van der Waals surface area (Å²) in [5.74, 6) is -1.35. The van der Waals surface area contributed by atoms with Crippen LogP contribution in [-0.4, -0.2) is 66.9 Å². The summed E-state index contributed by atoms with van der Waals surface area (Å²) in [5, 5.41) is 22.6. The molecule has 0 saturated heterocycles. The lowest BCUT2D eigenvalue weighted by atomic mass is 10.3. The van der Waals surface area contributed by atoms with Gasteiger partial charge in [-0.1, -0.05) is 0 Å². The van der Waals surface area contributed by atoms with Gasteiger partial charge in [0.05, 0.1) is 6.54 Å². The molecular formula is C9H19N3O4. The molecule has 0 unspecified atom stereocenters. The van der Waals surface area contributed by atoms with Crippen LogP contribution in [0.5, 0.6) is 0 Å². The third-order valence-corrected chi connectivity index (χ3v) is 2.00. The van der Waals surface area contributed by atoms with E-state index in [1.807, 2.05) is 7.05 Å². The average Bonchev–Trinajstić information content (AvgIpc) is 2.25. The molecular weight excluding hydrogens is 214 g/mol. The Morgan fingerprint density at radius 1 is 1.44 bits per heavy atom. The van der Waals surface area contributed by atoms with Crippen LogP contribution in [-0.2, 0) is 4.79 Å². The van der Waals surface area contributed by atoms with Crippen molar-refractivity contribution in [1.29, 1.82) is 0 Å². The van der Waals surface area contributed by atoms with Crippen molar-refractivity contribution in [3.63, 3.8) is 0 Å². The fourth-order valence-corrected chi connectivity index (χ4v) is 1.00. The third-order valence-electron chi connectivity index (χ3n) is 2.00. The predicted molar refractivity (Wildman–Crippen MR) is 58.2 cm³/mol. The van der Waals surface area contributed by atoms with Crippen molar-refractivity contribution >= 4 is 12.0 Å². The van der Waals surface area contributed by atoms with E-state index >= 15 is 0 Å². The Hall–Kier alpha value is -1.34. The first kappa shape index (κ1) is 14.7. The van der Waals surface area contributed by atoms with Gasteiger partial charge in [-0.05, 0) is 20.0 Å². The van der Waals surface area contributed by atoms with Gasteiger partial charge >= 0.3 is 12.0 Å². The Morgan fingerprint density at radius 2 is 2.06 bits per heavy atom. The second-order valence-electron chi connectivity index (χ2n) is 3.42. The Morgan fingerprint density at radius 3 is 2.56 bits per heavy atom. The van der Waals surface area contributed by atoms with Gasteiger partial charge in [0, 0.05) is 13.6 Å². The monoisotopic (exact) mass is 233 g/mol. The molecule has 0 spiro atoms. The first-order valence-electron chi connectivity index (χ1n) is 5.03. The number of nitrogens with zero attached hydrogens (tertiary/aromatic N) is 1. The highest BCUT2D eigenvalue weighted by Crippen LogP contribution is 1.88. The van der Waals surface area contributed by atoms with Crippen LogP contribution < -0.4 is 10.6 Å². The minimum Gasteiger partial charge on any atom is -0.479 e. The Labute approximate surface area is 94.4 Å². The van der Waals surface area contributed by atoms with Gasteiger partial charge < -0.3 is 25.7 Å². The van der Waals surface area contributed by atoms with Crippen molar-refractivity contribution < 1.29 is 19.8 Å². The van der Waals surface area contributed by atoms with Gasteiger partial charge in [0.15, 0.2) is 6.10 Å². The molecule has 2 amide bonds. The number of hydrogen-bond donors (Lipinski definition) is 4. The van der Waals surface area contributed by atoms with E-state index in [-0.39, 0.29) is 6.54 Å². The molecule has 0 aromatic heterocycles. The maximum Gasteiger partial charge on any atom is 0.334 e. The van der Waals surface area contributed by atoms with Crippen molar-refractivity contribution in [3.05, 3.63) is 0 Å². The average molecular weight is 233 g/mol. The number of urea groups is 1. The van der Waals surface area contributed by atoms with Crippen LogP contribution >= 0.6 is 0 Å². The summed E-state index contributed by atoms with van der Waals surface area (Å²) in [6, 6.07) is -0.392. The summed E-state index contributed by atoms with van der Waals surface area (Å²) in [4.78, 5) is 23.1. The molecule has 94 valence electrons. The molecule has 7 heteroatoms. The van der Waals surface area contributed by atoms with Gasteiger partial charge in [-0.3, -0.25) is 0 Å². The van der Waals surface area contributed by atoms with Gasteiger partial charge in [-0.25, -0.2) is 9.59 Å². The largest absolute Gasteiger partial charge is 0.479 e. The fraction of sp³-hybridized carbons (Fsp3) is 0.778. The molecule has 16 heavy (non-hydrogen) atoms. The molecule has 0 aliphatic carbocycles. The maximum atomic E-state index is 11.4. The smallest absolute Gasteiger partial charge is 0.334 e. The van der Waals surface area contributed by atoms with E-state index in [1.165, 1.54) is 4.90 Å². The van der Waals surface area contributed by atoms with Crippen LogP contribution in [0.1, 0.15) is 6.42 Å². The van der Waals surface area contributed by atoms with Crippen LogP contribution in [0.25, 0.3) is 0 Å². The number of nitrogens with one attached hydrogen (secondary N) is 2. The normalized spacial score (nSPS) is 11.9. The van der Waals surface area contributed by atoms with E-state index in [4.69, 9.17) is 10.2 Å². The van der Waals surface area contributed by atoms with E-state index in [0.717, 1.165) is 13.0 Å². The van der Waals surface area contributed by atoms with Crippen molar-refractivity contribution in [2.45, 2.75) is 12.5 Å². The van der Waals surface area contributed by atoms with E-state index < -0.39 is 18.1 Å². The molecule has 0 fully saturated rings. The minimum absolute atomic E-state index is 0.287. The van der Waals surface area contributed by atoms with Crippen molar-refractivity contribution in [2.24, 2.45) is 0 Å². The highest BCUT2D eigenvalue weighted by atomic mass is 16.4. The first-order chi connectivity index (χ1) is 7.49. The summed E-state index contributed by atoms with van der Waals surface area (Å²) in [7, 11) is 3.43. The second-order valence-corrected chi connectivity index (χ2v) is 3.42. The van der Waals surface area contributed by atoms with Gasteiger partial charge in [-0.2, -0.15) is 0 Å². The molecule has 0 radical (unpaired) electrons. The Bertz CT molecular complexity index is 235. The van der Waals surface area contributed by atoms with E-state index in [1.54, 1.807) is 7.05 Å². The highest BCUT2D eigenvalue weighted by Gasteiger charge is 2.15. The molecule has 0 saturated carbocycles. The summed E-state index contributed by atoms with van der Waals surface area (Å²) in [5.41, 5.74) is 0. The molecule has 0 aromatic carbocycles. The number of amides is 2. The van der Waals surface area contributed by atoms with Crippen LogP contribution in [0.2, 0.25) is 0 Å². The molecule has 0 bridgehead atoms. The van der Waals surface area contributed by atoms with Gasteiger partial charge in [0.2, 0.25) is 0 Å². The van der Waals surface area contributed by atoms with Crippen LogP contribution in [0.3, 0.4) is 0 Å². The number of aliphatic hydroxyl groups excluding tert-OH is 1. The molecule has 0 aromatic rings. The lowest BCUT2D eigenvalue weighted by molar-refractivity contribution is -0.146. The number of aliphatic hydroxyl groups is 1. The van der Waals surface area contributed by atoms with E-state index in [9.17, 15) is 9.59 Å². The van der Waals surface area contributed by atoms with Crippen LogP contribution in [0.4, 0.5) is 4.79 Å². The number of rotatable bonds is 7. The van der Waals surface area contributed by atoms with Crippen LogP contribution in [0.15, 0.2) is 0 Å². The summed E-state index contributed by atoms with van der Waals surface area (Å²) in [6.45, 7) is 1.08. The fourth-order valence-electron chi connectivity index (χ4n) is 1.00. The number of hydrogen-bond acceptors (Lipinski definition) is 4. The number of carboxylic acid groups (broad SMARTS) is 1. The van der Waals surface area contributed by atoms with Crippen molar-refractivity contribution in [3.8, 4) is 0 Å². The molecule has 0 aliphatic heterocycles. The second kappa shape index (κ2) is 7.89. The molecule has 0 aliphatic rings. The maximum absolute atomic E-state index is 11.4. The minimum atomic E-state index is -1.56. The van der Waals surface area contributed by atoms with Gasteiger partial charge in [0.25, 0.3) is 0 Å². The van der Waals surface area contributed by atoms with Gasteiger partial charge in [0.1, 0.15) is 0 Å². The molecule has 7 nitrogen and oxygen atoms in total. The number of carboxylic acids is 1. The SMILES string of the molecule is CNCCCN(C)C(=O)NC[C@H](O)C(=O)O. The number of carbonyl (C=O) groups is 2. The summed E-state index contributed by atoms with van der Waals surface area (Å²) < 4.78 is 0. The molecule has 4 N–H and O–H groups in total. The van der Waals surface area contributed by atoms with Crippen molar-refractivity contribution in [1.82, 2.24) is 15.5 Å². The molecule has 0 rings (SSSR count). The zero-order chi connectivity index (χ0) is 12.6. The third kappa shape index (κ3) is 6.20. The molecule has 1 atom stereocenters. The predicted octanol–water partition coefficient (Wildman–Crippen LogP) is -1.32. The number of aliphatic carboxylic acids is 1. The van der Waals surface area contributed by atoms with E-state index in [2.05, 4.69) is 10.6 Å². The summed E-state index contributed by atoms with van der Waals surface area (Å²) >= 11 is 0. The highest BCUT2D eigenvalue weighted by molar-refractivity contribution is 5.76. The summed E-state index contributed by atoms with van der Waals surface area (Å²) in [6.07, 6.45) is -0.753. The standard InChI is InChI=1S/C9H19N3O4/c1-10-4-3-5-12(2)9(16)11-6-7(13)8(14)15/h7,10,13H,3-6H2,1-2H3,(H,11,16)(H,14,15)/t7-/m0/s1. The zero-order valence-electron chi connectivity index (χ0n) is 9.56. The Kier molecular flexibility index (Phi) is 7.23. The topological polar surface area (TPSA) is 102 Å². The number of carbonyl (C=O) groups excluding carboxylic acids is 1. The van der Waals surface area contributed by atoms with E-state index in [0.29, 0.717) is 6.54 Å². The lowest BCUT2D eigenvalue weighted by Crippen LogP contribution is -2.43. The lowest BCUT2D eigenvalue weighted by Gasteiger charge is -2.18. The Balaban J connectivity index is 3.74. The van der Waals surface area contributed by atoms with Crippen molar-refractivity contribution in [2.75, 3.05) is 33.7 Å². The zero-order valence-corrected chi connectivity index (χ0v) is 9.56. The first-order valence-corrected chi connectivity index (χ1v) is 5.03.